The minimum Gasteiger partial charge on any atom is -0.492 e. The number of benzene rings is 2. The zero-order chi connectivity index (χ0) is 23.1. The van der Waals surface area contributed by atoms with Crippen molar-refractivity contribution in [1.29, 1.82) is 0 Å². The highest BCUT2D eigenvalue weighted by Crippen LogP contribution is 2.39. The lowest BCUT2D eigenvalue weighted by Gasteiger charge is -2.24. The molecule has 0 aliphatic heterocycles. The highest BCUT2D eigenvalue weighted by Gasteiger charge is 2.23. The molecule has 2 aromatic carbocycles. The second kappa shape index (κ2) is 7.81. The molecule has 0 radical (unpaired) electrons. The number of amides is 1. The molecule has 0 saturated heterocycles. The molecule has 0 unspecified atom stereocenters. The van der Waals surface area contributed by atoms with E-state index >= 15 is 0 Å². The molecule has 8 nitrogen and oxygen atoms in total. The number of carbonyl (C=O) groups is 1. The van der Waals surface area contributed by atoms with Crippen molar-refractivity contribution in [2.45, 2.75) is 26.2 Å². The molecular weight excluding hydrogens is 416 g/mol. The lowest BCUT2D eigenvalue weighted by atomic mass is 9.86. The van der Waals surface area contributed by atoms with Crippen molar-refractivity contribution in [1.82, 2.24) is 4.57 Å². The van der Waals surface area contributed by atoms with Gasteiger partial charge in [-0.3, -0.25) is 9.52 Å². The number of nitrogens with zero attached hydrogens (tertiary/aromatic N) is 1. The second-order valence-electron chi connectivity index (χ2n) is 8.56. The molecule has 0 spiro atoms. The smallest absolute Gasteiger partial charge is 0.272 e. The van der Waals surface area contributed by atoms with Gasteiger partial charge in [-0.2, -0.15) is 0 Å². The molecule has 0 aliphatic rings. The predicted octanol–water partition coefficient (Wildman–Crippen LogP) is 3.69. The van der Waals surface area contributed by atoms with Crippen molar-refractivity contribution in [3.8, 4) is 5.75 Å². The number of aryl methyl sites for hydroxylation is 1. The number of nitrogen functional groups attached to an aromatic ring is 1. The summed E-state index contributed by atoms with van der Waals surface area (Å²) in [4.78, 5) is 13.2. The van der Waals surface area contributed by atoms with Crippen LogP contribution in [0.5, 0.6) is 5.75 Å². The van der Waals surface area contributed by atoms with E-state index in [1.54, 1.807) is 35.9 Å². The molecule has 31 heavy (non-hydrogen) atoms. The van der Waals surface area contributed by atoms with E-state index in [9.17, 15) is 13.2 Å². The SMILES string of the molecule is COc1c(NC(=O)c2cc3cccc(N)c3n2C)cc(C(C)(C)C)cc1NS(C)(=O)=O. The molecular formula is C22H28N4O4S. The Morgan fingerprint density at radius 2 is 1.77 bits per heavy atom. The number of para-hydroxylation sites is 1. The predicted molar refractivity (Wildman–Crippen MR) is 125 cm³/mol. The van der Waals surface area contributed by atoms with E-state index in [1.807, 2.05) is 32.9 Å². The normalized spacial score (nSPS) is 12.1. The van der Waals surface area contributed by atoms with Crippen LogP contribution in [-0.4, -0.2) is 32.3 Å². The molecule has 0 atom stereocenters. The van der Waals surface area contributed by atoms with Gasteiger partial charge in [-0.25, -0.2) is 8.42 Å². The molecule has 0 fully saturated rings. The van der Waals surface area contributed by atoms with Gasteiger partial charge in [0.05, 0.1) is 35.9 Å². The van der Waals surface area contributed by atoms with E-state index in [0.29, 0.717) is 17.1 Å². The average Bonchev–Trinajstić information content (AvgIpc) is 2.97. The number of nitrogens with one attached hydrogen (secondary N) is 2. The summed E-state index contributed by atoms with van der Waals surface area (Å²) in [7, 11) is -0.365. The third-order valence-corrected chi connectivity index (χ3v) is 5.61. The Labute approximate surface area is 182 Å². The number of hydrogen-bond donors (Lipinski definition) is 3. The Kier molecular flexibility index (Phi) is 5.66. The first-order chi connectivity index (χ1) is 14.3. The Balaban J connectivity index is 2.11. The molecule has 166 valence electrons. The third kappa shape index (κ3) is 4.61. The summed E-state index contributed by atoms with van der Waals surface area (Å²) in [5, 5.41) is 3.73. The fourth-order valence-corrected chi connectivity index (χ4v) is 4.05. The average molecular weight is 445 g/mol. The Morgan fingerprint density at radius 1 is 1.13 bits per heavy atom. The maximum Gasteiger partial charge on any atom is 0.272 e. The largest absolute Gasteiger partial charge is 0.492 e. The van der Waals surface area contributed by atoms with Gasteiger partial charge in [0, 0.05) is 12.4 Å². The minimum atomic E-state index is -3.56. The van der Waals surface area contributed by atoms with Gasteiger partial charge >= 0.3 is 0 Å². The lowest BCUT2D eigenvalue weighted by Crippen LogP contribution is -2.19. The van der Waals surface area contributed by atoms with Crippen molar-refractivity contribution in [2.75, 3.05) is 29.1 Å². The standard InChI is InChI=1S/C22H28N4O4S/c1-22(2,3)14-11-16(20(30-5)17(12-14)25-31(6,28)29)24-21(27)18-10-13-8-7-9-15(23)19(13)26(18)4/h7-12,25H,23H2,1-6H3,(H,24,27). The number of rotatable bonds is 5. The number of carbonyl (C=O) groups excluding carboxylic acids is 1. The van der Waals surface area contributed by atoms with Crippen LogP contribution in [-0.2, 0) is 22.5 Å². The van der Waals surface area contributed by atoms with Gasteiger partial charge in [0.15, 0.2) is 5.75 Å². The van der Waals surface area contributed by atoms with Crippen LogP contribution in [0.2, 0.25) is 0 Å². The van der Waals surface area contributed by atoms with E-state index in [4.69, 9.17) is 10.5 Å². The molecule has 1 aromatic heterocycles. The van der Waals surface area contributed by atoms with Gasteiger partial charge in [0.25, 0.3) is 5.91 Å². The summed E-state index contributed by atoms with van der Waals surface area (Å²) in [6.07, 6.45) is 1.06. The molecule has 0 saturated carbocycles. The quantitative estimate of drug-likeness (QED) is 0.519. The Bertz CT molecular complexity index is 1270. The second-order valence-corrected chi connectivity index (χ2v) is 10.3. The van der Waals surface area contributed by atoms with E-state index in [0.717, 1.165) is 22.7 Å². The first kappa shape index (κ1) is 22.5. The maximum atomic E-state index is 13.2. The molecule has 1 heterocycles. The molecule has 4 N–H and O–H groups in total. The van der Waals surface area contributed by atoms with Crippen LogP contribution in [0.15, 0.2) is 36.4 Å². The number of ether oxygens (including phenoxy) is 1. The van der Waals surface area contributed by atoms with Crippen LogP contribution >= 0.6 is 0 Å². The number of methoxy groups -OCH3 is 1. The van der Waals surface area contributed by atoms with E-state index in [-0.39, 0.29) is 22.8 Å². The Hall–Kier alpha value is -3.20. The zero-order valence-corrected chi connectivity index (χ0v) is 19.3. The minimum absolute atomic E-state index is 0.227. The van der Waals surface area contributed by atoms with Crippen LogP contribution in [0.1, 0.15) is 36.8 Å². The number of fused-ring (bicyclic) bond motifs is 1. The first-order valence-electron chi connectivity index (χ1n) is 9.67. The van der Waals surface area contributed by atoms with Gasteiger partial charge in [-0.1, -0.05) is 32.9 Å². The fourth-order valence-electron chi connectivity index (χ4n) is 3.50. The van der Waals surface area contributed by atoms with Gasteiger partial charge in [0.1, 0.15) is 5.69 Å². The topological polar surface area (TPSA) is 115 Å². The van der Waals surface area contributed by atoms with Crippen molar-refractivity contribution >= 4 is 43.9 Å². The van der Waals surface area contributed by atoms with Crippen molar-refractivity contribution in [3.05, 3.63) is 47.7 Å². The monoisotopic (exact) mass is 444 g/mol. The molecule has 1 amide bonds. The number of aromatic nitrogens is 1. The third-order valence-electron chi connectivity index (χ3n) is 5.02. The van der Waals surface area contributed by atoms with Gasteiger partial charge in [-0.05, 0) is 35.2 Å². The van der Waals surface area contributed by atoms with Crippen LogP contribution in [0, 0.1) is 0 Å². The molecule has 3 aromatic rings. The summed E-state index contributed by atoms with van der Waals surface area (Å²) < 4.78 is 33.5. The van der Waals surface area contributed by atoms with E-state index in [2.05, 4.69) is 10.0 Å². The number of anilines is 3. The van der Waals surface area contributed by atoms with Crippen molar-refractivity contribution in [3.63, 3.8) is 0 Å². The molecule has 9 heteroatoms. The zero-order valence-electron chi connectivity index (χ0n) is 18.5. The van der Waals surface area contributed by atoms with Crippen molar-refractivity contribution < 1.29 is 17.9 Å². The fraction of sp³-hybridized carbons (Fsp3) is 0.318. The number of sulfonamides is 1. The summed E-state index contributed by atoms with van der Waals surface area (Å²) in [5.41, 5.74) is 8.98. The molecule has 0 bridgehead atoms. The summed E-state index contributed by atoms with van der Waals surface area (Å²) in [6.45, 7) is 5.99. The highest BCUT2D eigenvalue weighted by atomic mass is 32.2. The van der Waals surface area contributed by atoms with Crippen molar-refractivity contribution in [2.24, 2.45) is 7.05 Å². The first-order valence-corrected chi connectivity index (χ1v) is 11.6. The van der Waals surface area contributed by atoms with Crippen LogP contribution in [0.25, 0.3) is 10.9 Å². The van der Waals surface area contributed by atoms with Crippen LogP contribution < -0.4 is 20.5 Å². The highest BCUT2D eigenvalue weighted by molar-refractivity contribution is 7.92. The maximum absolute atomic E-state index is 13.2. The van der Waals surface area contributed by atoms with Gasteiger partial charge < -0.3 is 20.4 Å². The lowest BCUT2D eigenvalue weighted by molar-refractivity contribution is 0.101. The van der Waals surface area contributed by atoms with Crippen LogP contribution in [0.3, 0.4) is 0 Å². The van der Waals surface area contributed by atoms with E-state index in [1.165, 1.54) is 7.11 Å². The Morgan fingerprint density at radius 3 is 2.32 bits per heavy atom. The number of nitrogens with two attached hydrogens (primary N) is 1. The summed E-state index contributed by atoms with van der Waals surface area (Å²) >= 11 is 0. The van der Waals surface area contributed by atoms with Crippen LogP contribution in [0.4, 0.5) is 17.1 Å². The van der Waals surface area contributed by atoms with Gasteiger partial charge in [0.2, 0.25) is 10.0 Å². The summed E-state index contributed by atoms with van der Waals surface area (Å²) in [5.74, 6) is -0.141. The molecule has 0 aliphatic carbocycles. The summed E-state index contributed by atoms with van der Waals surface area (Å²) in [6, 6.07) is 10.8. The molecule has 3 rings (SSSR count). The number of hydrogen-bond acceptors (Lipinski definition) is 5. The van der Waals surface area contributed by atoms with E-state index < -0.39 is 10.0 Å². The van der Waals surface area contributed by atoms with Gasteiger partial charge in [-0.15, -0.1) is 0 Å².